The van der Waals surface area contributed by atoms with E-state index in [9.17, 15) is 14.4 Å². The van der Waals surface area contributed by atoms with Gasteiger partial charge in [-0.3, -0.25) is 14.5 Å². The maximum atomic E-state index is 14.2. The van der Waals surface area contributed by atoms with Crippen molar-refractivity contribution in [3.8, 4) is 12.3 Å². The lowest BCUT2D eigenvalue weighted by Gasteiger charge is -2.49. The summed E-state index contributed by atoms with van der Waals surface area (Å²) in [4.78, 5) is 53.9. The van der Waals surface area contributed by atoms with Gasteiger partial charge in [0.2, 0.25) is 0 Å². The van der Waals surface area contributed by atoms with E-state index in [1.54, 1.807) is 5.38 Å². The molecule has 1 saturated heterocycles. The molecule has 6 aromatic rings. The summed E-state index contributed by atoms with van der Waals surface area (Å²) < 4.78 is 6.17. The SMILES string of the molecule is C#CCO/N=C(\C(=O)NC1C(=O)N2C(C(=O)OC(c3ccccc3)c3ccccc3)=C(CCl)CS[C@@H]12)c1csc(NC(c2ccccc2)(c2ccccc2)c2ccccc2)n1. The minimum Gasteiger partial charge on any atom is -0.448 e. The van der Waals surface area contributed by atoms with Crippen LogP contribution in [-0.4, -0.2) is 63.0 Å². The first-order valence-electron chi connectivity index (χ1n) is 19.3. The maximum Gasteiger partial charge on any atom is 0.356 e. The molecule has 1 fully saturated rings. The molecule has 0 saturated carbocycles. The highest BCUT2D eigenvalue weighted by Gasteiger charge is 2.55. The highest BCUT2D eigenvalue weighted by Crippen LogP contribution is 2.43. The number of esters is 1. The van der Waals surface area contributed by atoms with E-state index < -0.39 is 40.8 Å². The fourth-order valence-electron chi connectivity index (χ4n) is 7.45. The lowest BCUT2D eigenvalue weighted by Crippen LogP contribution is -2.71. The average molecular weight is 864 g/mol. The highest BCUT2D eigenvalue weighted by molar-refractivity contribution is 8.00. The number of rotatable bonds is 15. The minimum absolute atomic E-state index is 0.00984. The summed E-state index contributed by atoms with van der Waals surface area (Å²) >= 11 is 9.04. The topological polar surface area (TPSA) is 122 Å². The molecule has 0 spiro atoms. The van der Waals surface area contributed by atoms with Gasteiger partial charge >= 0.3 is 5.97 Å². The van der Waals surface area contributed by atoms with Gasteiger partial charge in [0, 0.05) is 17.0 Å². The van der Waals surface area contributed by atoms with Crippen molar-refractivity contribution >= 4 is 63.3 Å². The Balaban J connectivity index is 1.05. The number of nitrogens with zero attached hydrogens (tertiary/aromatic N) is 3. The Bertz CT molecular complexity index is 2470. The van der Waals surface area contributed by atoms with Gasteiger partial charge in [0.05, 0.1) is 0 Å². The number of carbonyl (C=O) groups excluding carboxylic acids is 3. The number of hydrogen-bond acceptors (Lipinski definition) is 10. The number of anilines is 1. The minimum atomic E-state index is -1.01. The van der Waals surface area contributed by atoms with Gasteiger partial charge in [-0.05, 0) is 33.4 Å². The van der Waals surface area contributed by atoms with Gasteiger partial charge in [0.15, 0.2) is 23.6 Å². The Morgan fingerprint density at radius 2 is 1.38 bits per heavy atom. The zero-order valence-electron chi connectivity index (χ0n) is 32.5. The van der Waals surface area contributed by atoms with Crippen LogP contribution < -0.4 is 10.6 Å². The molecule has 2 aliphatic rings. The number of terminal acetylenes is 1. The highest BCUT2D eigenvalue weighted by atomic mass is 35.5. The molecule has 304 valence electrons. The zero-order valence-corrected chi connectivity index (χ0v) is 34.9. The van der Waals surface area contributed by atoms with Crippen LogP contribution in [0, 0.1) is 12.3 Å². The first-order valence-corrected chi connectivity index (χ1v) is 21.8. The van der Waals surface area contributed by atoms with E-state index >= 15 is 0 Å². The quantitative estimate of drug-likeness (QED) is 0.0155. The molecule has 1 unspecified atom stereocenters. The predicted octanol–water partition coefficient (Wildman–Crippen LogP) is 8.13. The Kier molecular flexibility index (Phi) is 12.6. The van der Waals surface area contributed by atoms with E-state index in [1.165, 1.54) is 28.0 Å². The Morgan fingerprint density at radius 1 is 0.852 bits per heavy atom. The number of aromatic nitrogens is 1. The average Bonchev–Trinajstić information content (AvgIpc) is 3.79. The van der Waals surface area contributed by atoms with Crippen molar-refractivity contribution in [2.24, 2.45) is 5.16 Å². The van der Waals surface area contributed by atoms with E-state index in [-0.39, 0.29) is 29.6 Å². The van der Waals surface area contributed by atoms with Crippen LogP contribution in [0.4, 0.5) is 5.13 Å². The van der Waals surface area contributed by atoms with Crippen LogP contribution in [0.3, 0.4) is 0 Å². The van der Waals surface area contributed by atoms with Gasteiger partial charge in [0.1, 0.15) is 28.3 Å². The van der Waals surface area contributed by atoms with Crippen LogP contribution in [0.15, 0.2) is 173 Å². The molecule has 2 aliphatic heterocycles. The normalized spacial score (nSPS) is 16.2. The number of amides is 2. The molecule has 1 aromatic heterocycles. The van der Waals surface area contributed by atoms with Crippen molar-refractivity contribution < 1.29 is 24.0 Å². The summed E-state index contributed by atoms with van der Waals surface area (Å²) in [5, 5.41) is 12.2. The second kappa shape index (κ2) is 18.7. The van der Waals surface area contributed by atoms with E-state index in [2.05, 4.69) is 58.1 Å². The molecular weight excluding hydrogens is 826 g/mol. The standard InChI is InChI=1S/C48H38ClN5O5S2/c1-2-28-58-53-39(38-31-61-47(50-38)52-48(35-22-12-5-13-23-35,36-24-14-6-15-25-36)37-26-16-7-17-27-37)43(55)51-40-44(56)54-41(34(29-49)30-60-45(40)54)46(57)59-42(32-18-8-3-9-19-32)33-20-10-4-11-21-33/h1,3-27,31,40,42,45H,28-30H2,(H,50,52)(H,51,55)/b53-39-/t40?,45-/m0/s1. The van der Waals surface area contributed by atoms with E-state index in [4.69, 9.17) is 32.6 Å². The fraction of sp³-hybridized carbons (Fsp3) is 0.146. The summed E-state index contributed by atoms with van der Waals surface area (Å²) in [7, 11) is 0. The Hall–Kier alpha value is -6.65. The third kappa shape index (κ3) is 8.41. The number of carbonyl (C=O) groups is 3. The summed E-state index contributed by atoms with van der Waals surface area (Å²) in [5.41, 5.74) is 4.21. The second-order valence-corrected chi connectivity index (χ2v) is 16.2. The fourth-order valence-corrected chi connectivity index (χ4v) is 9.88. The number of alkyl halides is 1. The van der Waals surface area contributed by atoms with Gasteiger partial charge in [-0.2, -0.15) is 0 Å². The third-order valence-electron chi connectivity index (χ3n) is 10.3. The zero-order chi connectivity index (χ0) is 42.2. The van der Waals surface area contributed by atoms with Crippen LogP contribution in [0.2, 0.25) is 0 Å². The molecule has 2 amide bonds. The number of nitrogens with one attached hydrogen (secondary N) is 2. The molecule has 5 aromatic carbocycles. The number of thioether (sulfide) groups is 1. The smallest absolute Gasteiger partial charge is 0.356 e. The summed E-state index contributed by atoms with van der Waals surface area (Å²) in [5.74, 6) is 0.804. The molecular formula is C48H38ClN5O5S2. The summed E-state index contributed by atoms with van der Waals surface area (Å²) in [6, 6.07) is 47.9. The summed E-state index contributed by atoms with van der Waals surface area (Å²) in [6.07, 6.45) is 4.72. The molecule has 2 N–H and O–H groups in total. The molecule has 13 heteroatoms. The van der Waals surface area contributed by atoms with Crippen LogP contribution in [-0.2, 0) is 29.5 Å². The first-order chi connectivity index (χ1) is 29.9. The number of benzene rings is 5. The maximum absolute atomic E-state index is 14.2. The molecule has 8 rings (SSSR count). The number of halogens is 1. The van der Waals surface area contributed by atoms with E-state index in [0.29, 0.717) is 16.5 Å². The van der Waals surface area contributed by atoms with E-state index in [0.717, 1.165) is 27.8 Å². The first kappa shape index (κ1) is 41.1. The number of hydrogen-bond donors (Lipinski definition) is 2. The van der Waals surface area contributed by atoms with Gasteiger partial charge in [-0.25, -0.2) is 9.78 Å². The van der Waals surface area contributed by atoms with Crippen LogP contribution >= 0.6 is 34.7 Å². The van der Waals surface area contributed by atoms with Crippen LogP contribution in [0.1, 0.15) is 39.6 Å². The van der Waals surface area contributed by atoms with Gasteiger partial charge in [-0.1, -0.05) is 163 Å². The molecule has 0 aliphatic carbocycles. The largest absolute Gasteiger partial charge is 0.448 e. The molecule has 0 radical (unpaired) electrons. The summed E-state index contributed by atoms with van der Waals surface area (Å²) in [6.45, 7) is -0.204. The van der Waals surface area contributed by atoms with Gasteiger partial charge < -0.3 is 20.2 Å². The molecule has 10 nitrogen and oxygen atoms in total. The molecule has 61 heavy (non-hydrogen) atoms. The number of ether oxygens (including phenoxy) is 1. The molecule has 0 bridgehead atoms. The number of fused-ring (bicyclic) bond motifs is 1. The molecule has 3 heterocycles. The van der Waals surface area contributed by atoms with Crippen molar-refractivity contribution in [3.63, 3.8) is 0 Å². The number of β-lactam (4-membered cyclic amide) rings is 1. The van der Waals surface area contributed by atoms with Crippen molar-refractivity contribution in [3.05, 3.63) is 202 Å². The van der Waals surface area contributed by atoms with Gasteiger partial charge in [-0.15, -0.1) is 41.1 Å². The van der Waals surface area contributed by atoms with Crippen molar-refractivity contribution in [2.45, 2.75) is 23.1 Å². The van der Waals surface area contributed by atoms with Crippen molar-refractivity contribution in [1.82, 2.24) is 15.2 Å². The van der Waals surface area contributed by atoms with Crippen LogP contribution in [0.5, 0.6) is 0 Å². The molecule has 2 atom stereocenters. The second-order valence-electron chi connectivity index (χ2n) is 14.0. The Labute approximate surface area is 366 Å². The van der Waals surface area contributed by atoms with Crippen molar-refractivity contribution in [1.29, 1.82) is 0 Å². The van der Waals surface area contributed by atoms with Gasteiger partial charge in [0.25, 0.3) is 11.8 Å². The monoisotopic (exact) mass is 863 g/mol. The van der Waals surface area contributed by atoms with E-state index in [1.807, 2.05) is 115 Å². The number of oxime groups is 1. The van der Waals surface area contributed by atoms with Crippen LogP contribution in [0.25, 0.3) is 0 Å². The lowest BCUT2D eigenvalue weighted by atomic mass is 9.77. The predicted molar refractivity (Wildman–Crippen MR) is 240 cm³/mol. The third-order valence-corrected chi connectivity index (χ3v) is 12.7. The van der Waals surface area contributed by atoms with Crippen molar-refractivity contribution in [2.75, 3.05) is 23.6 Å². The lowest BCUT2D eigenvalue weighted by molar-refractivity contribution is -0.154. The Morgan fingerprint density at radius 3 is 1.89 bits per heavy atom. The number of thiazole rings is 1.